The van der Waals surface area contributed by atoms with Crippen LogP contribution in [0.4, 0.5) is 5.69 Å². The number of hydrogen-bond acceptors (Lipinski definition) is 5. The summed E-state index contributed by atoms with van der Waals surface area (Å²) in [6.45, 7) is 0.709. The van der Waals surface area contributed by atoms with E-state index in [1.54, 1.807) is 48.3 Å². The topological polar surface area (TPSA) is 68.3 Å². The second-order valence-corrected chi connectivity index (χ2v) is 8.42. The highest BCUT2D eigenvalue weighted by Gasteiger charge is 2.45. The number of rotatable bonds is 5. The average Bonchev–Trinajstić information content (AvgIpc) is 3.31. The molecule has 2 bridgehead atoms. The molecule has 0 saturated carbocycles. The Morgan fingerprint density at radius 3 is 2.26 bits per heavy atom. The molecule has 0 aromatic heterocycles. The Morgan fingerprint density at radius 1 is 0.941 bits per heavy atom. The number of nitrogens with zero attached hydrogens (tertiary/aromatic N) is 2. The van der Waals surface area contributed by atoms with Gasteiger partial charge in [-0.2, -0.15) is 0 Å². The number of anilines is 1. The number of benzene rings is 3. The molecular weight excluding hydrogens is 432 g/mol. The van der Waals surface area contributed by atoms with Crippen molar-refractivity contribution < 1.29 is 23.8 Å². The molecule has 1 saturated heterocycles. The van der Waals surface area contributed by atoms with Gasteiger partial charge in [0.05, 0.1) is 33.0 Å². The van der Waals surface area contributed by atoms with Gasteiger partial charge in [0.2, 0.25) is 5.91 Å². The molecule has 7 heteroatoms. The number of carbonyl (C=O) groups excluding carboxylic acids is 2. The fourth-order valence-electron chi connectivity index (χ4n) is 4.58. The lowest BCUT2D eigenvalue weighted by atomic mass is 10.1. The van der Waals surface area contributed by atoms with E-state index in [4.69, 9.17) is 14.2 Å². The first-order chi connectivity index (χ1) is 16.6. The van der Waals surface area contributed by atoms with E-state index in [0.717, 1.165) is 11.3 Å². The van der Waals surface area contributed by atoms with E-state index in [-0.39, 0.29) is 17.9 Å². The Labute approximate surface area is 198 Å². The highest BCUT2D eigenvalue weighted by atomic mass is 16.5. The Balaban J connectivity index is 1.48. The fourth-order valence-corrected chi connectivity index (χ4v) is 4.58. The van der Waals surface area contributed by atoms with E-state index < -0.39 is 6.04 Å². The van der Waals surface area contributed by atoms with Crippen LogP contribution in [0, 0.1) is 0 Å². The summed E-state index contributed by atoms with van der Waals surface area (Å²) < 4.78 is 16.8. The summed E-state index contributed by atoms with van der Waals surface area (Å²) >= 11 is 0. The second-order valence-electron chi connectivity index (χ2n) is 8.42. The zero-order valence-corrected chi connectivity index (χ0v) is 19.1. The molecule has 2 aliphatic heterocycles. The van der Waals surface area contributed by atoms with Gasteiger partial charge in [0.1, 0.15) is 29.4 Å². The Bertz CT molecular complexity index is 1190. The molecule has 3 aromatic rings. The normalized spacial score (nSPS) is 19.1. The number of hydrogen-bond donors (Lipinski definition) is 0. The van der Waals surface area contributed by atoms with Crippen molar-refractivity contribution in [2.45, 2.75) is 25.1 Å². The summed E-state index contributed by atoms with van der Waals surface area (Å²) in [4.78, 5) is 30.7. The lowest BCUT2D eigenvalue weighted by Crippen LogP contribution is -2.47. The first-order valence-electron chi connectivity index (χ1n) is 11.2. The molecule has 0 aliphatic carbocycles. The van der Waals surface area contributed by atoms with Crippen LogP contribution in [-0.4, -0.2) is 49.6 Å². The van der Waals surface area contributed by atoms with Gasteiger partial charge in [-0.15, -0.1) is 0 Å². The molecule has 3 aromatic carbocycles. The average molecular weight is 459 g/mol. The minimum absolute atomic E-state index is 0.115. The summed E-state index contributed by atoms with van der Waals surface area (Å²) in [5, 5.41) is 0. The van der Waals surface area contributed by atoms with Crippen LogP contribution in [0.5, 0.6) is 17.2 Å². The second kappa shape index (κ2) is 9.09. The van der Waals surface area contributed by atoms with Crippen molar-refractivity contribution in [1.29, 1.82) is 0 Å². The van der Waals surface area contributed by atoms with Gasteiger partial charge in [-0.25, -0.2) is 0 Å². The highest BCUT2D eigenvalue weighted by Crippen LogP contribution is 2.37. The van der Waals surface area contributed by atoms with Gasteiger partial charge in [0, 0.05) is 12.0 Å². The first-order valence-corrected chi connectivity index (χ1v) is 11.2. The SMILES string of the molecule is COc1ccc(CN2C(=O)C3CC(CN3C(=O)c3ccc(OC)cc3)Oc3ccccc32)cc1. The largest absolute Gasteiger partial charge is 0.497 e. The summed E-state index contributed by atoms with van der Waals surface area (Å²) in [5.74, 6) is 1.76. The predicted molar refractivity (Wildman–Crippen MR) is 127 cm³/mol. The minimum atomic E-state index is -0.605. The molecule has 7 nitrogen and oxygen atoms in total. The highest BCUT2D eigenvalue weighted by molar-refractivity contribution is 6.03. The quantitative estimate of drug-likeness (QED) is 0.580. The molecular formula is C27H26N2O5. The predicted octanol–water partition coefficient (Wildman–Crippen LogP) is 3.91. The van der Waals surface area contributed by atoms with E-state index in [2.05, 4.69) is 0 Å². The number of carbonyl (C=O) groups is 2. The van der Waals surface area contributed by atoms with Gasteiger partial charge < -0.3 is 24.0 Å². The Hall–Kier alpha value is -4.00. The van der Waals surface area contributed by atoms with Crippen LogP contribution in [0.1, 0.15) is 22.3 Å². The molecule has 0 N–H and O–H groups in total. The van der Waals surface area contributed by atoms with Crippen LogP contribution in [0.25, 0.3) is 0 Å². The summed E-state index contributed by atoms with van der Waals surface area (Å²) in [6.07, 6.45) is 0.203. The van der Waals surface area contributed by atoms with Crippen LogP contribution < -0.4 is 19.1 Å². The van der Waals surface area contributed by atoms with Crippen LogP contribution >= 0.6 is 0 Å². The van der Waals surface area contributed by atoms with Crippen molar-refractivity contribution >= 4 is 17.5 Å². The van der Waals surface area contributed by atoms with Crippen LogP contribution in [0.3, 0.4) is 0 Å². The standard InChI is InChI=1S/C27H26N2O5/c1-32-20-11-7-18(8-12-20)16-28-23-5-3-4-6-25(23)34-22-15-24(27(28)31)29(17-22)26(30)19-9-13-21(33-2)14-10-19/h3-14,22,24H,15-17H2,1-2H3. The lowest BCUT2D eigenvalue weighted by molar-refractivity contribution is -0.122. The number of amides is 2. The van der Waals surface area contributed by atoms with Gasteiger partial charge in [-0.3, -0.25) is 9.59 Å². The van der Waals surface area contributed by atoms with Crippen molar-refractivity contribution in [2.75, 3.05) is 25.7 Å². The number of methoxy groups -OCH3 is 2. The van der Waals surface area contributed by atoms with E-state index in [9.17, 15) is 9.59 Å². The summed E-state index contributed by atoms with van der Waals surface area (Å²) in [5.41, 5.74) is 2.17. The maximum Gasteiger partial charge on any atom is 0.254 e. The van der Waals surface area contributed by atoms with Crippen LogP contribution in [0.2, 0.25) is 0 Å². The monoisotopic (exact) mass is 458 g/mol. The molecule has 0 radical (unpaired) electrons. The van der Waals surface area contributed by atoms with E-state index in [1.165, 1.54) is 0 Å². The van der Waals surface area contributed by atoms with Crippen molar-refractivity contribution in [3.63, 3.8) is 0 Å². The molecule has 1 fully saturated rings. The smallest absolute Gasteiger partial charge is 0.254 e. The maximum absolute atomic E-state index is 13.9. The van der Waals surface area contributed by atoms with Crippen molar-refractivity contribution in [1.82, 2.24) is 4.90 Å². The third-order valence-electron chi connectivity index (χ3n) is 6.36. The minimum Gasteiger partial charge on any atom is -0.497 e. The third kappa shape index (κ3) is 4.05. The molecule has 5 rings (SSSR count). The number of fused-ring (bicyclic) bond motifs is 3. The fraction of sp³-hybridized carbons (Fsp3) is 0.259. The van der Waals surface area contributed by atoms with Crippen molar-refractivity contribution in [3.8, 4) is 17.2 Å². The Morgan fingerprint density at radius 2 is 1.59 bits per heavy atom. The van der Waals surface area contributed by atoms with Gasteiger partial charge in [0.25, 0.3) is 5.91 Å². The number of ether oxygens (including phenoxy) is 3. The van der Waals surface area contributed by atoms with Crippen molar-refractivity contribution in [2.24, 2.45) is 0 Å². The van der Waals surface area contributed by atoms with Gasteiger partial charge in [0.15, 0.2) is 0 Å². The van der Waals surface area contributed by atoms with Crippen LogP contribution in [-0.2, 0) is 11.3 Å². The third-order valence-corrected chi connectivity index (χ3v) is 6.36. The number of likely N-dealkylation sites (tertiary alicyclic amines) is 1. The van der Waals surface area contributed by atoms with E-state index >= 15 is 0 Å². The van der Waals surface area contributed by atoms with Crippen molar-refractivity contribution in [3.05, 3.63) is 83.9 Å². The number of para-hydroxylation sites is 2. The lowest BCUT2D eigenvalue weighted by Gasteiger charge is -2.32. The zero-order valence-electron chi connectivity index (χ0n) is 19.1. The first kappa shape index (κ1) is 21.8. The summed E-state index contributed by atoms with van der Waals surface area (Å²) in [7, 11) is 3.20. The van der Waals surface area contributed by atoms with Gasteiger partial charge in [-0.05, 0) is 54.1 Å². The molecule has 0 spiro atoms. The maximum atomic E-state index is 13.9. The Kier molecular flexibility index (Phi) is 5.84. The molecule has 2 atom stereocenters. The molecule has 2 heterocycles. The van der Waals surface area contributed by atoms with E-state index in [0.29, 0.717) is 42.3 Å². The molecule has 34 heavy (non-hydrogen) atoms. The molecule has 2 aliphatic rings. The molecule has 2 amide bonds. The zero-order chi connectivity index (χ0) is 23.7. The van der Waals surface area contributed by atoms with Gasteiger partial charge >= 0.3 is 0 Å². The summed E-state index contributed by atoms with van der Waals surface area (Å²) in [6, 6.07) is 21.5. The van der Waals surface area contributed by atoms with E-state index in [1.807, 2.05) is 48.5 Å². The van der Waals surface area contributed by atoms with Crippen LogP contribution in [0.15, 0.2) is 72.8 Å². The van der Waals surface area contributed by atoms with Gasteiger partial charge in [-0.1, -0.05) is 24.3 Å². The molecule has 2 unspecified atom stereocenters. The molecule has 174 valence electrons.